The molecular formula is C26H37NO7. The molecule has 2 saturated carbocycles. The Morgan fingerprint density at radius 1 is 1.29 bits per heavy atom. The zero-order chi connectivity index (χ0) is 25.5. The maximum absolute atomic E-state index is 12.8. The maximum atomic E-state index is 12.8. The monoisotopic (exact) mass is 475 g/mol. The van der Waals surface area contributed by atoms with Crippen LogP contribution in [0.2, 0.25) is 0 Å². The van der Waals surface area contributed by atoms with Crippen molar-refractivity contribution in [3.8, 4) is 11.5 Å². The van der Waals surface area contributed by atoms with Crippen molar-refractivity contribution in [1.29, 1.82) is 0 Å². The summed E-state index contributed by atoms with van der Waals surface area (Å²) in [4.78, 5) is 24.0. The summed E-state index contributed by atoms with van der Waals surface area (Å²) in [5.74, 6) is -2.58. The van der Waals surface area contributed by atoms with Gasteiger partial charge in [-0.05, 0) is 80.2 Å². The number of carbonyl (C=O) groups excluding carboxylic acids is 1. The van der Waals surface area contributed by atoms with Crippen molar-refractivity contribution in [2.75, 3.05) is 11.9 Å². The second kappa shape index (κ2) is 9.23. The minimum absolute atomic E-state index is 0.00218. The lowest BCUT2D eigenvalue weighted by atomic mass is 9.53. The van der Waals surface area contributed by atoms with Gasteiger partial charge in [0, 0.05) is 13.0 Å². The summed E-state index contributed by atoms with van der Waals surface area (Å²) in [6.07, 6.45) is 6.82. The number of phenolic OH excluding ortho intramolecular Hbond substituents is 1. The lowest BCUT2D eigenvalue weighted by Crippen LogP contribution is -2.47. The van der Waals surface area contributed by atoms with Crippen molar-refractivity contribution in [3.63, 3.8) is 0 Å². The number of hydrogen-bond donors (Lipinski definition) is 6. The van der Waals surface area contributed by atoms with Gasteiger partial charge in [-0.2, -0.15) is 0 Å². The molecule has 3 rings (SSSR count). The van der Waals surface area contributed by atoms with Crippen LogP contribution in [0.4, 0.5) is 5.69 Å². The van der Waals surface area contributed by atoms with Gasteiger partial charge in [0.2, 0.25) is 5.91 Å². The summed E-state index contributed by atoms with van der Waals surface area (Å²) in [7, 11) is 0. The number of rotatable bonds is 8. The topological polar surface area (TPSA) is 147 Å². The van der Waals surface area contributed by atoms with E-state index in [1.165, 1.54) is 0 Å². The van der Waals surface area contributed by atoms with Gasteiger partial charge in [0.1, 0.15) is 17.0 Å². The van der Waals surface area contributed by atoms with Gasteiger partial charge < -0.3 is 30.8 Å². The standard InChI is InChI=1S/C26H37NO7/c1-5-9-26-12-16(25(4,34)13-26)11-15(2)22(26)24(3,14-28)10-8-19(30)27-20-18(29)7-6-17(21(20)31)23(32)33/h5-7,9,15-16,22,28-29,31,34H,8,10-14H2,1-4H3,(H,27,30)(H,32,33)/b9-5-/t15?,16?,22?,24-,25?,26?/m1/s1. The summed E-state index contributed by atoms with van der Waals surface area (Å²) < 4.78 is 0. The van der Waals surface area contributed by atoms with Crippen LogP contribution in [0, 0.1) is 28.6 Å². The van der Waals surface area contributed by atoms with E-state index in [0.29, 0.717) is 12.8 Å². The quantitative estimate of drug-likeness (QED) is 0.247. The predicted molar refractivity (Wildman–Crippen MR) is 128 cm³/mol. The number of benzene rings is 1. The van der Waals surface area contributed by atoms with Gasteiger partial charge in [-0.15, -0.1) is 0 Å². The average molecular weight is 476 g/mol. The molecule has 8 nitrogen and oxygen atoms in total. The molecule has 8 heteroatoms. The molecule has 1 amide bonds. The molecule has 0 aliphatic heterocycles. The third-order valence-corrected chi connectivity index (χ3v) is 8.22. The van der Waals surface area contributed by atoms with E-state index >= 15 is 0 Å². The molecule has 0 saturated heterocycles. The number of nitrogens with one attached hydrogen (secondary N) is 1. The first-order valence-corrected chi connectivity index (χ1v) is 11.9. The lowest BCUT2D eigenvalue weighted by Gasteiger charge is -2.52. The molecule has 0 aromatic heterocycles. The first-order valence-electron chi connectivity index (χ1n) is 11.9. The number of hydrogen-bond acceptors (Lipinski definition) is 6. The molecule has 0 spiro atoms. The van der Waals surface area contributed by atoms with Gasteiger partial charge in [0.05, 0.1) is 5.60 Å². The molecule has 1 aromatic carbocycles. The van der Waals surface area contributed by atoms with Crippen molar-refractivity contribution >= 4 is 17.6 Å². The number of carboxylic acids is 1. The van der Waals surface area contributed by atoms with E-state index in [4.69, 9.17) is 0 Å². The Labute approximate surface area is 200 Å². The third kappa shape index (κ3) is 4.53. The van der Waals surface area contributed by atoms with Crippen molar-refractivity contribution in [2.24, 2.45) is 28.6 Å². The smallest absolute Gasteiger partial charge is 0.339 e. The molecule has 2 aliphatic carbocycles. The molecule has 6 atom stereocenters. The van der Waals surface area contributed by atoms with Crippen LogP contribution >= 0.6 is 0 Å². The molecule has 188 valence electrons. The van der Waals surface area contributed by atoms with Gasteiger partial charge >= 0.3 is 5.97 Å². The average Bonchev–Trinajstić information content (AvgIpc) is 2.94. The number of phenols is 2. The fourth-order valence-electron chi connectivity index (χ4n) is 7.04. The zero-order valence-corrected chi connectivity index (χ0v) is 20.3. The summed E-state index contributed by atoms with van der Waals surface area (Å²) >= 11 is 0. The van der Waals surface area contributed by atoms with E-state index < -0.39 is 40.0 Å². The molecular weight excluding hydrogens is 438 g/mol. The van der Waals surface area contributed by atoms with Crippen molar-refractivity contribution in [2.45, 2.75) is 65.4 Å². The highest BCUT2D eigenvalue weighted by atomic mass is 16.4. The van der Waals surface area contributed by atoms with Crippen LogP contribution in [-0.2, 0) is 4.79 Å². The van der Waals surface area contributed by atoms with E-state index in [2.05, 4.69) is 18.3 Å². The number of aliphatic hydroxyl groups excluding tert-OH is 1. The van der Waals surface area contributed by atoms with Crippen LogP contribution in [0.1, 0.15) is 70.2 Å². The van der Waals surface area contributed by atoms with Crippen LogP contribution in [-0.4, -0.2) is 49.6 Å². The van der Waals surface area contributed by atoms with Gasteiger partial charge in [-0.1, -0.05) is 26.0 Å². The van der Waals surface area contributed by atoms with E-state index in [1.54, 1.807) is 0 Å². The number of anilines is 1. The van der Waals surface area contributed by atoms with Gasteiger partial charge in [-0.25, -0.2) is 4.79 Å². The summed E-state index contributed by atoms with van der Waals surface area (Å²) in [6, 6.07) is 2.16. The number of fused-ring (bicyclic) bond motifs is 2. The molecule has 2 fully saturated rings. The number of amides is 1. The van der Waals surface area contributed by atoms with E-state index in [1.807, 2.05) is 26.8 Å². The SMILES string of the molecule is C/C=C\C12CC(CC(C)C1[C@@](C)(CO)CCC(=O)Nc1c(O)ccc(C(=O)O)c1O)C(C)(O)C2. The van der Waals surface area contributed by atoms with Crippen molar-refractivity contribution in [3.05, 3.63) is 29.8 Å². The summed E-state index contributed by atoms with van der Waals surface area (Å²) in [5, 5.41) is 53.4. The van der Waals surface area contributed by atoms with Crippen molar-refractivity contribution < 1.29 is 35.1 Å². The lowest BCUT2D eigenvalue weighted by molar-refractivity contribution is -0.118. The normalized spacial score (nSPS) is 32.5. The zero-order valence-electron chi connectivity index (χ0n) is 20.3. The van der Waals surface area contributed by atoms with Gasteiger partial charge in [0.15, 0.2) is 5.75 Å². The molecule has 1 aromatic rings. The summed E-state index contributed by atoms with van der Waals surface area (Å²) in [5.41, 5.74) is -2.45. The minimum atomic E-state index is -1.38. The molecule has 0 radical (unpaired) electrons. The van der Waals surface area contributed by atoms with Crippen LogP contribution in [0.25, 0.3) is 0 Å². The van der Waals surface area contributed by atoms with Gasteiger partial charge in [-0.3, -0.25) is 4.79 Å². The number of aromatic carboxylic acids is 1. The van der Waals surface area contributed by atoms with E-state index in [-0.39, 0.29) is 41.9 Å². The van der Waals surface area contributed by atoms with Crippen LogP contribution < -0.4 is 5.32 Å². The van der Waals surface area contributed by atoms with Crippen molar-refractivity contribution in [1.82, 2.24) is 0 Å². The Morgan fingerprint density at radius 3 is 2.56 bits per heavy atom. The molecule has 6 N–H and O–H groups in total. The highest BCUT2D eigenvalue weighted by Gasteiger charge is 2.62. The molecule has 0 heterocycles. The fraction of sp³-hybridized carbons (Fsp3) is 0.615. The maximum Gasteiger partial charge on any atom is 0.339 e. The number of allylic oxidation sites excluding steroid dienone is 2. The fourth-order valence-corrected chi connectivity index (χ4v) is 7.04. The molecule has 5 unspecified atom stereocenters. The predicted octanol–water partition coefficient (Wildman–Crippen LogP) is 3.89. The second-order valence-electron chi connectivity index (χ2n) is 10.9. The number of aliphatic hydroxyl groups is 2. The number of carbonyl (C=O) groups is 2. The Balaban J connectivity index is 1.82. The summed E-state index contributed by atoms with van der Waals surface area (Å²) in [6.45, 7) is 7.84. The van der Waals surface area contributed by atoms with Crippen LogP contribution in [0.5, 0.6) is 11.5 Å². The highest BCUT2D eigenvalue weighted by molar-refractivity contribution is 5.99. The molecule has 34 heavy (non-hydrogen) atoms. The van der Waals surface area contributed by atoms with E-state index in [0.717, 1.165) is 25.0 Å². The number of carboxylic acid groups (broad SMARTS) is 1. The first-order chi connectivity index (χ1) is 15.8. The van der Waals surface area contributed by atoms with Gasteiger partial charge in [0.25, 0.3) is 0 Å². The Kier molecular flexibility index (Phi) is 7.06. The largest absolute Gasteiger partial charge is 0.506 e. The second-order valence-corrected chi connectivity index (χ2v) is 10.9. The third-order valence-electron chi connectivity index (χ3n) is 8.22. The van der Waals surface area contributed by atoms with E-state index in [9.17, 15) is 35.1 Å². The van der Waals surface area contributed by atoms with Crippen LogP contribution in [0.3, 0.4) is 0 Å². The first kappa shape index (κ1) is 26.0. The highest BCUT2D eigenvalue weighted by Crippen LogP contribution is 2.65. The molecule has 2 bridgehead atoms. The minimum Gasteiger partial charge on any atom is -0.506 e. The Morgan fingerprint density at radius 2 is 1.97 bits per heavy atom. The van der Waals surface area contributed by atoms with Crippen LogP contribution in [0.15, 0.2) is 24.3 Å². The Bertz CT molecular complexity index is 988. The molecule has 2 aliphatic rings. The number of aromatic hydroxyl groups is 2. The Hall–Kier alpha value is -2.58.